The Labute approximate surface area is 236 Å². The van der Waals surface area contributed by atoms with Gasteiger partial charge in [-0.3, -0.25) is 13.9 Å². The van der Waals surface area contributed by atoms with Crippen LogP contribution in [-0.4, -0.2) is 44.3 Å². The summed E-state index contributed by atoms with van der Waals surface area (Å²) in [7, 11) is -4.08. The van der Waals surface area contributed by atoms with Crippen molar-refractivity contribution < 1.29 is 18.0 Å². The fraction of sp³-hybridized carbons (Fsp3) is 0.333. The average molecular weight is 570 g/mol. The standard InChI is InChI=1S/C30H36ClN3O4S/c1-4-6-20-32-30(36)28(5-2)33(21-24-14-16-25(31)17-15-24)29(35)22-34(26-18-12-23(3)13-19-26)39(37,38)27-10-8-7-9-11-27/h7-19,28H,4-6,20-22H2,1-3H3,(H,32,36)/t28-/m0/s1. The summed E-state index contributed by atoms with van der Waals surface area (Å²) < 4.78 is 28.7. The fourth-order valence-electron chi connectivity index (χ4n) is 4.17. The third kappa shape index (κ3) is 8.07. The minimum Gasteiger partial charge on any atom is -0.354 e. The van der Waals surface area contributed by atoms with Crippen molar-refractivity contribution in [3.05, 3.63) is 95.0 Å². The maximum absolute atomic E-state index is 14.0. The van der Waals surface area contributed by atoms with Gasteiger partial charge < -0.3 is 10.2 Å². The molecule has 3 aromatic rings. The van der Waals surface area contributed by atoms with Crippen LogP contribution >= 0.6 is 11.6 Å². The first-order valence-corrected chi connectivity index (χ1v) is 14.9. The summed E-state index contributed by atoms with van der Waals surface area (Å²) in [5.74, 6) is -0.747. The van der Waals surface area contributed by atoms with E-state index in [1.165, 1.54) is 17.0 Å². The number of nitrogens with one attached hydrogen (secondary N) is 1. The van der Waals surface area contributed by atoms with Crippen LogP contribution in [0.4, 0.5) is 5.69 Å². The third-order valence-electron chi connectivity index (χ3n) is 6.41. The van der Waals surface area contributed by atoms with Crippen molar-refractivity contribution in [2.45, 2.75) is 57.5 Å². The molecule has 7 nitrogen and oxygen atoms in total. The molecular weight excluding hydrogens is 534 g/mol. The molecule has 2 amide bonds. The summed E-state index contributed by atoms with van der Waals surface area (Å²) in [4.78, 5) is 28.7. The lowest BCUT2D eigenvalue weighted by molar-refractivity contribution is -0.140. The van der Waals surface area contributed by atoms with Gasteiger partial charge in [0.1, 0.15) is 12.6 Å². The molecule has 0 aliphatic rings. The summed E-state index contributed by atoms with van der Waals surface area (Å²) in [6, 6.07) is 21.2. The lowest BCUT2D eigenvalue weighted by Crippen LogP contribution is -2.52. The van der Waals surface area contributed by atoms with Crippen LogP contribution < -0.4 is 9.62 Å². The number of anilines is 1. The zero-order valence-electron chi connectivity index (χ0n) is 22.6. The van der Waals surface area contributed by atoms with Crippen molar-refractivity contribution in [3.8, 4) is 0 Å². The predicted octanol–water partition coefficient (Wildman–Crippen LogP) is 5.57. The monoisotopic (exact) mass is 569 g/mol. The smallest absolute Gasteiger partial charge is 0.264 e. The second-order valence-electron chi connectivity index (χ2n) is 9.38. The molecule has 0 aliphatic carbocycles. The van der Waals surface area contributed by atoms with E-state index in [1.54, 1.807) is 66.7 Å². The van der Waals surface area contributed by atoms with E-state index < -0.39 is 28.5 Å². The number of aryl methyl sites for hydroxylation is 1. The van der Waals surface area contributed by atoms with Gasteiger partial charge in [-0.2, -0.15) is 0 Å². The molecule has 39 heavy (non-hydrogen) atoms. The summed E-state index contributed by atoms with van der Waals surface area (Å²) in [5.41, 5.74) is 2.10. The SMILES string of the molecule is CCCCNC(=O)[C@H](CC)N(Cc1ccc(Cl)cc1)C(=O)CN(c1ccc(C)cc1)S(=O)(=O)c1ccccc1. The Balaban J connectivity index is 2.01. The highest BCUT2D eigenvalue weighted by Gasteiger charge is 2.33. The number of rotatable bonds is 13. The summed E-state index contributed by atoms with van der Waals surface area (Å²) >= 11 is 6.06. The Hall–Kier alpha value is -3.36. The lowest BCUT2D eigenvalue weighted by Gasteiger charge is -2.33. The summed E-state index contributed by atoms with van der Waals surface area (Å²) in [6.07, 6.45) is 2.12. The van der Waals surface area contributed by atoms with Crippen LogP contribution in [0, 0.1) is 6.92 Å². The van der Waals surface area contributed by atoms with Gasteiger partial charge in [0.05, 0.1) is 10.6 Å². The fourth-order valence-corrected chi connectivity index (χ4v) is 5.73. The van der Waals surface area contributed by atoms with Crippen LogP contribution in [-0.2, 0) is 26.2 Å². The minimum atomic E-state index is -4.08. The molecule has 0 aromatic heterocycles. The minimum absolute atomic E-state index is 0.0759. The third-order valence-corrected chi connectivity index (χ3v) is 8.45. The number of nitrogens with zero attached hydrogens (tertiary/aromatic N) is 2. The van der Waals surface area contributed by atoms with E-state index in [1.807, 2.05) is 20.8 Å². The van der Waals surface area contributed by atoms with E-state index in [-0.39, 0.29) is 17.3 Å². The number of hydrogen-bond donors (Lipinski definition) is 1. The van der Waals surface area contributed by atoms with Crippen LogP contribution in [0.2, 0.25) is 5.02 Å². The average Bonchev–Trinajstić information content (AvgIpc) is 2.93. The Morgan fingerprint density at radius 3 is 2.15 bits per heavy atom. The molecule has 0 saturated carbocycles. The lowest BCUT2D eigenvalue weighted by atomic mass is 10.1. The zero-order chi connectivity index (χ0) is 28.4. The molecule has 3 aromatic carbocycles. The van der Waals surface area contributed by atoms with Crippen LogP contribution in [0.1, 0.15) is 44.2 Å². The van der Waals surface area contributed by atoms with Crippen molar-refractivity contribution in [1.82, 2.24) is 10.2 Å². The Morgan fingerprint density at radius 1 is 0.923 bits per heavy atom. The van der Waals surface area contributed by atoms with Crippen LogP contribution in [0.3, 0.4) is 0 Å². The normalized spacial score (nSPS) is 12.0. The summed E-state index contributed by atoms with van der Waals surface area (Å²) in [5, 5.41) is 3.48. The van der Waals surface area contributed by atoms with Gasteiger partial charge in [-0.15, -0.1) is 0 Å². The van der Waals surface area contributed by atoms with Crippen molar-refractivity contribution in [1.29, 1.82) is 0 Å². The Kier molecular flexibility index (Phi) is 10.9. The van der Waals surface area contributed by atoms with Gasteiger partial charge in [0.2, 0.25) is 11.8 Å². The van der Waals surface area contributed by atoms with Gasteiger partial charge in [0.15, 0.2) is 0 Å². The topological polar surface area (TPSA) is 86.8 Å². The number of hydrogen-bond acceptors (Lipinski definition) is 4. The molecule has 9 heteroatoms. The van der Waals surface area contributed by atoms with E-state index in [9.17, 15) is 18.0 Å². The molecule has 0 spiro atoms. The molecular formula is C30H36ClN3O4S. The van der Waals surface area contributed by atoms with E-state index in [2.05, 4.69) is 5.32 Å². The van der Waals surface area contributed by atoms with Crippen LogP contribution in [0.5, 0.6) is 0 Å². The molecule has 0 unspecified atom stereocenters. The van der Waals surface area contributed by atoms with Crippen molar-refractivity contribution in [3.63, 3.8) is 0 Å². The first kappa shape index (κ1) is 30.2. The van der Waals surface area contributed by atoms with Crippen molar-refractivity contribution in [2.75, 3.05) is 17.4 Å². The second kappa shape index (κ2) is 14.1. The van der Waals surface area contributed by atoms with Gasteiger partial charge in [-0.05, 0) is 61.7 Å². The van der Waals surface area contributed by atoms with E-state index in [0.717, 1.165) is 28.3 Å². The van der Waals surface area contributed by atoms with E-state index >= 15 is 0 Å². The molecule has 1 atom stereocenters. The van der Waals surface area contributed by atoms with Gasteiger partial charge in [-0.25, -0.2) is 8.42 Å². The number of carbonyl (C=O) groups is 2. The largest absolute Gasteiger partial charge is 0.354 e. The highest BCUT2D eigenvalue weighted by Crippen LogP contribution is 2.25. The van der Waals surface area contributed by atoms with E-state index in [0.29, 0.717) is 23.7 Å². The molecule has 208 valence electrons. The van der Waals surface area contributed by atoms with Gasteiger partial charge in [0.25, 0.3) is 10.0 Å². The number of unbranched alkanes of at least 4 members (excludes halogenated alkanes) is 1. The molecule has 0 radical (unpaired) electrons. The number of benzene rings is 3. The van der Waals surface area contributed by atoms with Gasteiger partial charge in [-0.1, -0.05) is 79.9 Å². The molecule has 1 N–H and O–H groups in total. The van der Waals surface area contributed by atoms with Crippen molar-refractivity contribution in [2.24, 2.45) is 0 Å². The highest BCUT2D eigenvalue weighted by atomic mass is 35.5. The van der Waals surface area contributed by atoms with Crippen LogP contribution in [0.25, 0.3) is 0 Å². The van der Waals surface area contributed by atoms with Crippen LogP contribution in [0.15, 0.2) is 83.8 Å². The first-order valence-electron chi connectivity index (χ1n) is 13.1. The molecule has 3 rings (SSSR count). The molecule has 0 saturated heterocycles. The number of amides is 2. The van der Waals surface area contributed by atoms with Crippen molar-refractivity contribution >= 4 is 39.1 Å². The van der Waals surface area contributed by atoms with E-state index in [4.69, 9.17) is 11.6 Å². The van der Waals surface area contributed by atoms with Gasteiger partial charge >= 0.3 is 0 Å². The molecule has 0 aliphatic heterocycles. The predicted molar refractivity (Wildman–Crippen MR) is 156 cm³/mol. The molecule has 0 fully saturated rings. The number of sulfonamides is 1. The summed E-state index contributed by atoms with van der Waals surface area (Å²) in [6.45, 7) is 5.95. The van der Waals surface area contributed by atoms with Gasteiger partial charge in [0, 0.05) is 18.1 Å². The Bertz CT molecular complexity index is 1330. The first-order chi connectivity index (χ1) is 18.7. The maximum Gasteiger partial charge on any atom is 0.264 e. The zero-order valence-corrected chi connectivity index (χ0v) is 24.2. The highest BCUT2D eigenvalue weighted by molar-refractivity contribution is 7.92. The Morgan fingerprint density at radius 2 is 1.56 bits per heavy atom. The second-order valence-corrected chi connectivity index (χ2v) is 11.7. The molecule has 0 bridgehead atoms. The number of carbonyl (C=O) groups excluding carboxylic acids is 2. The maximum atomic E-state index is 14.0. The quantitative estimate of drug-likeness (QED) is 0.273. The number of halogens is 1. The molecule has 0 heterocycles.